The molecule has 0 aromatic carbocycles. The average Bonchev–Trinajstić information content (AvgIpc) is 3.70. The van der Waals surface area contributed by atoms with Crippen molar-refractivity contribution in [3.8, 4) is 0 Å². The quantitative estimate of drug-likeness (QED) is 0.258. The Morgan fingerprint density at radius 1 is 0.246 bits per heavy atom. The highest BCUT2D eigenvalue weighted by atomic mass is 15.2. The van der Waals surface area contributed by atoms with Crippen molar-refractivity contribution in [3.63, 3.8) is 0 Å². The van der Waals surface area contributed by atoms with Gasteiger partial charge in [-0.2, -0.15) is 0 Å². The van der Waals surface area contributed by atoms with Crippen LogP contribution in [-0.2, 0) is 0 Å². The molecule has 12 saturated carbocycles. The molecule has 1 aliphatic heterocycles. The summed E-state index contributed by atoms with van der Waals surface area (Å²) >= 11 is 0. The summed E-state index contributed by atoms with van der Waals surface area (Å²) in [4.78, 5) is 3.47. The van der Waals surface area contributed by atoms with Crippen LogP contribution in [0.2, 0.25) is 0 Å². The van der Waals surface area contributed by atoms with Crippen LogP contribution in [0, 0.1) is 118 Å². The molecule has 316 valence electrons. The molecule has 0 amide bonds. The summed E-state index contributed by atoms with van der Waals surface area (Å²) in [5.41, 5.74) is 0. The second-order valence-electron chi connectivity index (χ2n) is 25.3. The van der Waals surface area contributed by atoms with Crippen LogP contribution in [0.25, 0.3) is 0 Å². The first kappa shape index (κ1) is 37.3. The molecule has 57 heavy (non-hydrogen) atoms. The standard InChI is InChI=1S/C56H87N/c1-3-16-37(17-4-1)52-46-32-44-39-22-11-20-36-21-12-23-40(51(36)39)45(44)33-47(46)53(38-18-5-2-6-19-38)56-43-30-31-50(41-24-13-25-42(54(41)43)55(52)56)57-48-26-9-7-14-34(48)28-29-35-15-8-10-27-49(35)57/h28-29,34-56H,1-27,30-33H2. The number of hydrogen-bond acceptors (Lipinski definition) is 1. The Morgan fingerprint density at radius 3 is 1.26 bits per heavy atom. The van der Waals surface area contributed by atoms with E-state index in [-0.39, 0.29) is 0 Å². The molecule has 1 heteroatoms. The molecule has 12 fully saturated rings. The molecule has 0 aromatic rings. The van der Waals surface area contributed by atoms with Crippen molar-refractivity contribution in [1.29, 1.82) is 0 Å². The van der Waals surface area contributed by atoms with Gasteiger partial charge < -0.3 is 0 Å². The van der Waals surface area contributed by atoms with Gasteiger partial charge in [0.25, 0.3) is 0 Å². The lowest BCUT2D eigenvalue weighted by Crippen LogP contribution is -2.60. The van der Waals surface area contributed by atoms with E-state index in [1.54, 1.807) is 148 Å². The van der Waals surface area contributed by atoms with Crippen LogP contribution in [0.1, 0.15) is 199 Å². The molecular weight excluding hydrogens is 687 g/mol. The first-order valence-corrected chi connectivity index (χ1v) is 27.8. The van der Waals surface area contributed by atoms with E-state index in [4.69, 9.17) is 0 Å². The predicted octanol–water partition coefficient (Wildman–Crippen LogP) is 14.5. The van der Waals surface area contributed by atoms with Crippen LogP contribution in [0.5, 0.6) is 0 Å². The van der Waals surface area contributed by atoms with Crippen LogP contribution in [0.15, 0.2) is 12.2 Å². The van der Waals surface area contributed by atoms with Crippen LogP contribution in [0.4, 0.5) is 0 Å². The summed E-state index contributed by atoms with van der Waals surface area (Å²) in [5, 5.41) is 0. The highest BCUT2D eigenvalue weighted by Gasteiger charge is 2.69. The second kappa shape index (κ2) is 15.2. The molecule has 0 aromatic heterocycles. The molecule has 12 aliphatic carbocycles. The van der Waals surface area contributed by atoms with Gasteiger partial charge in [-0.3, -0.25) is 4.90 Å². The molecule has 0 spiro atoms. The predicted molar refractivity (Wildman–Crippen MR) is 235 cm³/mol. The highest BCUT2D eigenvalue weighted by Crippen LogP contribution is 2.74. The van der Waals surface area contributed by atoms with Crippen molar-refractivity contribution < 1.29 is 0 Å². The van der Waals surface area contributed by atoms with Crippen LogP contribution in [0.3, 0.4) is 0 Å². The molecule has 21 unspecified atom stereocenters. The van der Waals surface area contributed by atoms with E-state index in [1.807, 2.05) is 0 Å². The van der Waals surface area contributed by atoms with E-state index in [0.717, 1.165) is 131 Å². The zero-order valence-corrected chi connectivity index (χ0v) is 36.8. The van der Waals surface area contributed by atoms with Crippen LogP contribution in [-0.4, -0.2) is 23.0 Å². The van der Waals surface area contributed by atoms with Gasteiger partial charge in [0.2, 0.25) is 0 Å². The van der Waals surface area contributed by atoms with Crippen molar-refractivity contribution in [1.82, 2.24) is 4.90 Å². The van der Waals surface area contributed by atoms with E-state index < -0.39 is 0 Å². The van der Waals surface area contributed by atoms with Gasteiger partial charge in [-0.25, -0.2) is 0 Å². The molecule has 1 heterocycles. The summed E-state index contributed by atoms with van der Waals surface area (Å²) in [6, 6.07) is 2.68. The van der Waals surface area contributed by atoms with Gasteiger partial charge in [0.15, 0.2) is 0 Å². The Balaban J connectivity index is 0.900. The SMILES string of the molecule is C1=CC2CCCCC2N(C2CCC3C4C(CCCC42)C2C(C4CCCCC4)C4CC5C(CC4C(C4CCCCC4)C32)C2CCCC3CCCC5C32)C2CCCCC12. The van der Waals surface area contributed by atoms with Crippen molar-refractivity contribution >= 4 is 0 Å². The second-order valence-corrected chi connectivity index (χ2v) is 25.3. The maximum Gasteiger partial charge on any atom is 0.0164 e. The topological polar surface area (TPSA) is 3.24 Å². The summed E-state index contributed by atoms with van der Waals surface area (Å²) in [6.45, 7) is 0. The van der Waals surface area contributed by atoms with Crippen LogP contribution < -0.4 is 0 Å². The molecular formula is C56H87N. The monoisotopic (exact) mass is 774 g/mol. The Labute approximate surface area is 351 Å². The Bertz CT molecular complexity index is 1360. The van der Waals surface area contributed by atoms with Crippen molar-refractivity contribution in [2.75, 3.05) is 0 Å². The molecule has 13 aliphatic rings. The van der Waals surface area contributed by atoms with Gasteiger partial charge >= 0.3 is 0 Å². The van der Waals surface area contributed by atoms with Crippen molar-refractivity contribution in [2.45, 2.75) is 217 Å². The third-order valence-corrected chi connectivity index (χ3v) is 23.9. The molecule has 21 atom stereocenters. The molecule has 0 N–H and O–H groups in total. The zero-order chi connectivity index (χ0) is 37.2. The Kier molecular flexibility index (Phi) is 9.94. The minimum atomic E-state index is 0.866. The van der Waals surface area contributed by atoms with Gasteiger partial charge in [-0.15, -0.1) is 0 Å². The molecule has 13 rings (SSSR count). The van der Waals surface area contributed by atoms with E-state index >= 15 is 0 Å². The van der Waals surface area contributed by atoms with Gasteiger partial charge in [0.05, 0.1) is 0 Å². The van der Waals surface area contributed by atoms with E-state index in [1.165, 1.54) is 57.3 Å². The third kappa shape index (κ3) is 5.85. The fourth-order valence-electron chi connectivity index (χ4n) is 22.9. The molecule has 1 nitrogen and oxygen atoms in total. The lowest BCUT2D eigenvalue weighted by Gasteiger charge is -2.61. The largest absolute Gasteiger partial charge is 0.293 e. The maximum absolute atomic E-state index is 3.47. The third-order valence-electron chi connectivity index (χ3n) is 23.9. The number of fused-ring (bicyclic) bond motifs is 9. The number of hydrogen-bond donors (Lipinski definition) is 0. The van der Waals surface area contributed by atoms with Gasteiger partial charge in [0.1, 0.15) is 0 Å². The first-order valence-electron chi connectivity index (χ1n) is 27.8. The lowest BCUT2D eigenvalue weighted by atomic mass is 9.44. The van der Waals surface area contributed by atoms with Gasteiger partial charge in [-0.05, 0) is 195 Å². The van der Waals surface area contributed by atoms with Crippen molar-refractivity contribution in [2.24, 2.45) is 118 Å². The molecule has 0 radical (unpaired) electrons. The van der Waals surface area contributed by atoms with E-state index in [2.05, 4.69) is 17.1 Å². The smallest absolute Gasteiger partial charge is 0.0164 e. The number of nitrogens with zero attached hydrogens (tertiary/aromatic N) is 1. The summed E-state index contributed by atoms with van der Waals surface area (Å²) in [7, 11) is 0. The fourth-order valence-corrected chi connectivity index (χ4v) is 22.9. The molecule has 0 bridgehead atoms. The Morgan fingerprint density at radius 2 is 0.684 bits per heavy atom. The van der Waals surface area contributed by atoms with Gasteiger partial charge in [-0.1, -0.05) is 134 Å². The van der Waals surface area contributed by atoms with Crippen LogP contribution >= 0.6 is 0 Å². The highest BCUT2D eigenvalue weighted by molar-refractivity contribution is 5.19. The van der Waals surface area contributed by atoms with E-state index in [0.29, 0.717) is 0 Å². The van der Waals surface area contributed by atoms with Gasteiger partial charge in [0, 0.05) is 18.1 Å². The summed E-state index contributed by atoms with van der Waals surface area (Å²) in [6.07, 6.45) is 55.0. The maximum atomic E-state index is 3.47. The fraction of sp³-hybridized carbons (Fsp3) is 0.964. The summed E-state index contributed by atoms with van der Waals surface area (Å²) in [5.74, 6) is 22.0. The van der Waals surface area contributed by atoms with Crippen molar-refractivity contribution in [3.05, 3.63) is 12.2 Å². The lowest BCUT2D eigenvalue weighted by molar-refractivity contribution is -0.128. The van der Waals surface area contributed by atoms with E-state index in [9.17, 15) is 0 Å². The minimum Gasteiger partial charge on any atom is -0.293 e. The minimum absolute atomic E-state index is 0.866. The average molecular weight is 774 g/mol. The summed E-state index contributed by atoms with van der Waals surface area (Å²) < 4.78 is 0. The Hall–Kier alpha value is -0.300. The zero-order valence-electron chi connectivity index (χ0n) is 36.8. The molecule has 0 saturated heterocycles. The first-order chi connectivity index (χ1) is 28.3. The normalized spacial score (nSPS) is 56.2. The number of rotatable bonds is 3.